The number of hydrogen-bond acceptors (Lipinski definition) is 3. The second-order valence-corrected chi connectivity index (χ2v) is 5.23. The molecule has 3 nitrogen and oxygen atoms in total. The molecule has 4 heteroatoms. The van der Waals surface area contributed by atoms with Gasteiger partial charge in [0.1, 0.15) is 0 Å². The zero-order valence-corrected chi connectivity index (χ0v) is 11.8. The molecule has 1 saturated heterocycles. The van der Waals surface area contributed by atoms with Crippen LogP contribution in [-0.2, 0) is 6.42 Å². The Labute approximate surface area is 114 Å². The van der Waals surface area contributed by atoms with Gasteiger partial charge in [-0.05, 0) is 44.0 Å². The molecule has 2 rings (SSSR count). The van der Waals surface area contributed by atoms with Gasteiger partial charge in [-0.15, -0.1) is 0 Å². The molecule has 1 aliphatic heterocycles. The highest BCUT2D eigenvalue weighted by Gasteiger charge is 2.18. The molecule has 1 aliphatic rings. The van der Waals surface area contributed by atoms with E-state index in [1.165, 1.54) is 0 Å². The minimum Gasteiger partial charge on any atom is -0.491 e. The second kappa shape index (κ2) is 6.87. The van der Waals surface area contributed by atoms with Crippen molar-refractivity contribution in [3.05, 3.63) is 29.6 Å². The van der Waals surface area contributed by atoms with Crippen molar-refractivity contribution < 1.29 is 9.13 Å². The molecule has 0 amide bonds. The Balaban J connectivity index is 1.79. The van der Waals surface area contributed by atoms with Crippen molar-refractivity contribution in [2.45, 2.75) is 13.3 Å². The summed E-state index contributed by atoms with van der Waals surface area (Å²) in [5.41, 5.74) is 1.03. The third-order valence-corrected chi connectivity index (χ3v) is 3.51. The van der Waals surface area contributed by atoms with Gasteiger partial charge in [-0.2, -0.15) is 0 Å². The first-order chi connectivity index (χ1) is 9.19. The van der Waals surface area contributed by atoms with Crippen LogP contribution in [0.5, 0.6) is 5.75 Å². The van der Waals surface area contributed by atoms with Gasteiger partial charge in [0.2, 0.25) is 0 Å². The Hall–Kier alpha value is -1.13. The fraction of sp³-hybridized carbons (Fsp3) is 0.600. The van der Waals surface area contributed by atoms with Crippen LogP contribution in [0.4, 0.5) is 4.39 Å². The second-order valence-electron chi connectivity index (χ2n) is 5.23. The number of ether oxygens (including phenoxy) is 1. The summed E-state index contributed by atoms with van der Waals surface area (Å²) < 4.78 is 18.9. The number of likely N-dealkylation sites (N-methyl/N-ethyl adjacent to an activating group) is 1. The minimum atomic E-state index is -0.259. The Morgan fingerprint density at radius 1 is 1.42 bits per heavy atom. The van der Waals surface area contributed by atoms with E-state index < -0.39 is 0 Å². The van der Waals surface area contributed by atoms with Crippen LogP contribution in [0.1, 0.15) is 12.5 Å². The smallest absolute Gasteiger partial charge is 0.165 e. The number of nitrogens with one attached hydrogen (secondary N) is 1. The Bertz CT molecular complexity index is 407. The molecule has 1 fully saturated rings. The molecule has 1 aromatic carbocycles. The maximum absolute atomic E-state index is 13.7. The summed E-state index contributed by atoms with van der Waals surface area (Å²) in [6, 6.07) is 5.26. The van der Waals surface area contributed by atoms with Crippen molar-refractivity contribution in [1.29, 1.82) is 0 Å². The molecule has 1 N–H and O–H groups in total. The summed E-state index contributed by atoms with van der Waals surface area (Å²) >= 11 is 0. The molecule has 0 aliphatic carbocycles. The lowest BCUT2D eigenvalue weighted by molar-refractivity contribution is 0.226. The van der Waals surface area contributed by atoms with Gasteiger partial charge in [-0.3, -0.25) is 0 Å². The Morgan fingerprint density at radius 2 is 2.21 bits per heavy atom. The van der Waals surface area contributed by atoms with Gasteiger partial charge in [0.15, 0.2) is 11.6 Å². The van der Waals surface area contributed by atoms with Gasteiger partial charge in [0.05, 0.1) is 6.61 Å². The van der Waals surface area contributed by atoms with Crippen LogP contribution in [0.25, 0.3) is 0 Å². The molecule has 0 spiro atoms. The summed E-state index contributed by atoms with van der Waals surface area (Å²) in [6.45, 7) is 6.69. The molecule has 0 atom stereocenters. The zero-order valence-electron chi connectivity index (χ0n) is 11.8. The van der Waals surface area contributed by atoms with Crippen LogP contribution in [0.15, 0.2) is 18.2 Å². The molecule has 106 valence electrons. The lowest BCUT2D eigenvalue weighted by atomic mass is 10.0. The van der Waals surface area contributed by atoms with Crippen molar-refractivity contribution in [2.24, 2.45) is 5.92 Å². The number of benzene rings is 1. The van der Waals surface area contributed by atoms with E-state index in [4.69, 9.17) is 4.74 Å². The lowest BCUT2D eigenvalue weighted by Gasteiger charge is -2.31. The van der Waals surface area contributed by atoms with E-state index in [1.807, 2.05) is 13.0 Å². The largest absolute Gasteiger partial charge is 0.491 e. The van der Waals surface area contributed by atoms with Crippen LogP contribution in [0, 0.1) is 11.7 Å². The molecular weight excluding hydrogens is 243 g/mol. The zero-order chi connectivity index (χ0) is 13.7. The quantitative estimate of drug-likeness (QED) is 0.816. The average molecular weight is 266 g/mol. The molecular formula is C15H23FN2O. The predicted molar refractivity (Wildman–Crippen MR) is 75.1 cm³/mol. The SMILES string of the molecule is CCOc1ccc(CCN(C)CC2CNC2)cc1F. The van der Waals surface area contributed by atoms with E-state index in [2.05, 4.69) is 17.3 Å². The number of nitrogens with zero attached hydrogens (tertiary/aromatic N) is 1. The molecule has 0 radical (unpaired) electrons. The van der Waals surface area contributed by atoms with Gasteiger partial charge in [0.25, 0.3) is 0 Å². The standard InChI is InChI=1S/C15H23FN2O/c1-3-19-15-5-4-12(8-14(15)16)6-7-18(2)11-13-9-17-10-13/h4-5,8,13,17H,3,6-7,9-11H2,1-2H3. The Kier molecular flexibility index (Phi) is 5.16. The molecule has 0 saturated carbocycles. The van der Waals surface area contributed by atoms with E-state index in [-0.39, 0.29) is 5.82 Å². The van der Waals surface area contributed by atoms with Crippen LogP contribution in [0.3, 0.4) is 0 Å². The fourth-order valence-corrected chi connectivity index (χ4v) is 2.30. The summed E-state index contributed by atoms with van der Waals surface area (Å²) in [6.07, 6.45) is 0.875. The fourth-order valence-electron chi connectivity index (χ4n) is 2.30. The number of rotatable bonds is 7. The van der Waals surface area contributed by atoms with Crippen LogP contribution >= 0.6 is 0 Å². The highest BCUT2D eigenvalue weighted by Crippen LogP contribution is 2.18. The monoisotopic (exact) mass is 266 g/mol. The molecule has 0 aromatic heterocycles. The minimum absolute atomic E-state index is 0.259. The topological polar surface area (TPSA) is 24.5 Å². The van der Waals surface area contributed by atoms with Crippen molar-refractivity contribution in [2.75, 3.05) is 39.8 Å². The van der Waals surface area contributed by atoms with E-state index in [1.54, 1.807) is 12.1 Å². The van der Waals surface area contributed by atoms with Crippen molar-refractivity contribution in [3.8, 4) is 5.75 Å². The maximum atomic E-state index is 13.7. The van der Waals surface area contributed by atoms with E-state index in [9.17, 15) is 4.39 Å². The van der Waals surface area contributed by atoms with E-state index in [0.29, 0.717) is 12.4 Å². The molecule has 1 heterocycles. The van der Waals surface area contributed by atoms with E-state index >= 15 is 0 Å². The third-order valence-electron chi connectivity index (χ3n) is 3.51. The van der Waals surface area contributed by atoms with Gasteiger partial charge < -0.3 is 15.0 Å². The third kappa shape index (κ3) is 4.18. The van der Waals surface area contributed by atoms with Gasteiger partial charge in [0, 0.05) is 26.2 Å². The molecule has 0 bridgehead atoms. The first-order valence-electron chi connectivity index (χ1n) is 6.99. The van der Waals surface area contributed by atoms with Gasteiger partial charge in [-0.1, -0.05) is 6.07 Å². The van der Waals surface area contributed by atoms with Crippen molar-refractivity contribution in [3.63, 3.8) is 0 Å². The summed E-state index contributed by atoms with van der Waals surface area (Å²) in [5.74, 6) is 0.868. The van der Waals surface area contributed by atoms with Crippen LogP contribution < -0.4 is 10.1 Å². The normalized spacial score (nSPS) is 15.6. The molecule has 1 aromatic rings. The average Bonchev–Trinajstić information content (AvgIpc) is 2.34. The lowest BCUT2D eigenvalue weighted by Crippen LogP contribution is -2.47. The summed E-state index contributed by atoms with van der Waals surface area (Å²) in [7, 11) is 2.13. The van der Waals surface area contributed by atoms with Gasteiger partial charge >= 0.3 is 0 Å². The number of halogens is 1. The van der Waals surface area contributed by atoms with Crippen molar-refractivity contribution >= 4 is 0 Å². The van der Waals surface area contributed by atoms with E-state index in [0.717, 1.165) is 44.1 Å². The van der Waals surface area contributed by atoms with Crippen LogP contribution in [-0.4, -0.2) is 44.7 Å². The maximum Gasteiger partial charge on any atom is 0.165 e. The summed E-state index contributed by atoms with van der Waals surface area (Å²) in [4.78, 5) is 2.32. The Morgan fingerprint density at radius 3 is 2.79 bits per heavy atom. The highest BCUT2D eigenvalue weighted by atomic mass is 19.1. The van der Waals surface area contributed by atoms with Crippen molar-refractivity contribution in [1.82, 2.24) is 10.2 Å². The summed E-state index contributed by atoms with van der Waals surface area (Å²) in [5, 5.41) is 3.28. The first kappa shape index (κ1) is 14.3. The first-order valence-corrected chi connectivity index (χ1v) is 6.99. The number of hydrogen-bond donors (Lipinski definition) is 1. The highest BCUT2D eigenvalue weighted by molar-refractivity contribution is 5.29. The van der Waals surface area contributed by atoms with Crippen LogP contribution in [0.2, 0.25) is 0 Å². The molecule has 0 unspecified atom stereocenters. The predicted octanol–water partition coefficient (Wildman–Crippen LogP) is 1.92. The molecule has 19 heavy (non-hydrogen) atoms. The van der Waals surface area contributed by atoms with Gasteiger partial charge in [-0.25, -0.2) is 4.39 Å².